The molecule has 146 heavy (non-hydrogen) atoms. The van der Waals surface area contributed by atoms with Crippen LogP contribution < -0.4 is 68.4 Å². The van der Waals surface area contributed by atoms with Crippen molar-refractivity contribution in [1.82, 2.24) is 133 Å². The molecule has 6 aromatic carbocycles. The van der Waals surface area contributed by atoms with Gasteiger partial charge in [-0.15, -0.1) is 0 Å². The summed E-state index contributed by atoms with van der Waals surface area (Å²) in [5.41, 5.74) is 87.0. The molecule has 48 nitrogen and oxygen atoms in total. The van der Waals surface area contributed by atoms with Crippen molar-refractivity contribution in [1.29, 1.82) is 0 Å². The van der Waals surface area contributed by atoms with E-state index in [-0.39, 0.29) is 66.1 Å². The molecule has 0 unspecified atom stereocenters. The molecule has 48 heteroatoms. The molecule has 1 fully saturated rings. The standard InChI is InChI=1S/C18H18N6O2.C17H17N7O3.C16H17N7O.2C16H16N6O.C15H15N7O/c19-16-15-12(10-1-2-14-13(7-10)23-18(20)26-14)8-24(17(15)22-9-21-16)11-3-5-25-6-4-11;1-8(2)24-16-12(14(18)19-7-20-16)13(22-24)9-4-5-11-10(6-9)15(23-27-11)21-17(25)26-3;1-7(2)23-15-12(14(17)19-8(3)20-15)13(22-23)9-4-5-11-10(6-9)21-16(18)24-11;1-8(2)22-6-10(13-14(17)19-7-20-15(13)22)9-3-4-12-11(5-9)21-16(18)23-12;1-8(2)22-11-5-6-19-15(17)13(11)14(21-22)9-3-4-12-10(7-9)20-16(18)23-12;1-7(2)22-12(11-13(16)18-6-19-14(11)21-22)8-3-4-10-9(5-8)20-15(17)23-10/h1-2,7-9,11H,3-6H2,(H2,20,23)(H2,19,21,22);4-8H,1-3H3,(H2,18,19,20)(H,21,23,25);4-7H,1-3H3,(H2,18,21)(H2,17,19,20);3-8H,1-2H3,(H2,18,21)(H2,17,19,20);3-8H,1-2H3,(H2,17,19)(H2,18,20);3-7H,1-2H3,(H2,17,20)(H2,16,18,19,21). The summed E-state index contributed by atoms with van der Waals surface area (Å²) >= 11 is 0. The van der Waals surface area contributed by atoms with Crippen molar-refractivity contribution in [2.45, 2.75) is 125 Å². The van der Waals surface area contributed by atoms with E-state index in [1.807, 2.05) is 178 Å². The summed E-state index contributed by atoms with van der Waals surface area (Å²) < 4.78 is 53.8. The average Bonchev–Trinajstić information content (AvgIpc) is 1.64. The molecule has 1 aliphatic rings. The first-order valence-electron chi connectivity index (χ1n) is 46.3. The Kier molecular flexibility index (Phi) is 24.6. The molecular weight excluding hydrogens is 1870 g/mol. The van der Waals surface area contributed by atoms with Gasteiger partial charge < -0.3 is 108 Å². The summed E-state index contributed by atoms with van der Waals surface area (Å²) in [7, 11) is 1.27. The van der Waals surface area contributed by atoms with Crippen molar-refractivity contribution >= 4 is 209 Å². The van der Waals surface area contributed by atoms with Crippen LogP contribution in [0.25, 0.3) is 200 Å². The van der Waals surface area contributed by atoms with Crippen LogP contribution in [0.2, 0.25) is 0 Å². The normalized spacial score (nSPS) is 12.4. The first-order valence-corrected chi connectivity index (χ1v) is 46.3. The van der Waals surface area contributed by atoms with E-state index in [1.165, 1.54) is 32.4 Å². The molecule has 24 aromatic rings. The summed E-state index contributed by atoms with van der Waals surface area (Å²) in [5.74, 6) is 3.43. The number of hydrogen-bond donors (Lipinski definition) is 12. The van der Waals surface area contributed by atoms with E-state index >= 15 is 0 Å². The molecule has 18 aromatic heterocycles. The van der Waals surface area contributed by atoms with Gasteiger partial charge in [0.2, 0.25) is 0 Å². The van der Waals surface area contributed by atoms with E-state index in [4.69, 9.17) is 105 Å². The van der Waals surface area contributed by atoms with Gasteiger partial charge in [-0.2, -0.15) is 45.3 Å². The zero-order valence-electron chi connectivity index (χ0n) is 80.9. The average molecular weight is 1970 g/mol. The number of anilines is 12. The predicted molar refractivity (Wildman–Crippen MR) is 557 cm³/mol. The summed E-state index contributed by atoms with van der Waals surface area (Å²) in [4.78, 5) is 79.4. The van der Waals surface area contributed by atoms with Gasteiger partial charge in [0, 0.05) is 101 Å². The van der Waals surface area contributed by atoms with Gasteiger partial charge in [0.1, 0.15) is 122 Å². The molecule has 1 amide bonds. The molecule has 1 saturated heterocycles. The first kappa shape index (κ1) is 94.3. The highest BCUT2D eigenvalue weighted by atomic mass is 16.5. The highest BCUT2D eigenvalue weighted by Crippen LogP contribution is 2.44. The lowest BCUT2D eigenvalue weighted by Gasteiger charge is -2.24. The number of fused-ring (bicyclic) bond motifs is 12. The zero-order valence-corrected chi connectivity index (χ0v) is 80.9. The number of rotatable bonds is 13. The number of hydrogen-bond acceptors (Lipinski definition) is 41. The van der Waals surface area contributed by atoms with Gasteiger partial charge in [0.05, 0.1) is 56.0 Å². The maximum absolute atomic E-state index is 11.5. The van der Waals surface area contributed by atoms with Gasteiger partial charge in [-0.25, -0.2) is 69.0 Å². The fraction of sp³-hybridized carbons (Fsp3) is 0.224. The van der Waals surface area contributed by atoms with Crippen LogP contribution in [0.15, 0.2) is 186 Å². The number of amides is 1. The Hall–Kier alpha value is -19.3. The predicted octanol–water partition coefficient (Wildman–Crippen LogP) is 16.8. The number of nitrogens with two attached hydrogens (primary N) is 11. The minimum Gasteiger partial charge on any atom is -0.453 e. The van der Waals surface area contributed by atoms with E-state index in [0.717, 1.165) is 137 Å². The molecular formula is C98H99N39O9. The Balaban J connectivity index is 0.000000107. The Morgan fingerprint density at radius 2 is 0.795 bits per heavy atom. The number of nitrogen functional groups attached to an aromatic ring is 11. The first-order chi connectivity index (χ1) is 70.3. The maximum Gasteiger partial charge on any atom is 0.412 e. The Labute approximate surface area is 825 Å². The lowest BCUT2D eigenvalue weighted by molar-refractivity contribution is 0.0706. The molecule has 0 saturated carbocycles. The van der Waals surface area contributed by atoms with Crippen molar-refractivity contribution in [2.75, 3.05) is 88.7 Å². The summed E-state index contributed by atoms with van der Waals surface area (Å²) in [6.45, 7) is 23.9. The SMILES string of the molecule is CC(C)n1cc(-c2ccc3oc(N)nc3c2)c2c(N)ncnc21.CC(C)n1nc(-c2ccc3oc(N)nc3c2)c2c(N)nccc21.CC(C)n1nc2ncnc(N)c2c1-c1ccc2oc(N)nc2c1.COC(=O)Nc1noc2ccc(-c3nn(C(C)C)c4ncnc(N)c34)cc12.Cc1nc(N)c2c(-c3ccc4oc(N)nc4c3)nn(C(C)C)c2n1.Nc1nc2cc(-c3cn(C4CCOCC4)c4ncnc(N)c34)ccc2o1. The molecule has 0 radical (unpaired) electrons. The second-order valence-electron chi connectivity index (χ2n) is 35.7. The van der Waals surface area contributed by atoms with Gasteiger partial charge in [-0.3, -0.25) is 14.7 Å². The minimum atomic E-state index is -0.636. The lowest BCUT2D eigenvalue weighted by atomic mass is 10.1. The molecule has 0 atom stereocenters. The Bertz CT molecular complexity index is 8940. The molecule has 0 spiro atoms. The number of carbonyl (C=O) groups excluding carboxylic acids is 1. The van der Waals surface area contributed by atoms with Crippen LogP contribution in [0.5, 0.6) is 0 Å². The van der Waals surface area contributed by atoms with E-state index in [9.17, 15) is 4.79 Å². The largest absolute Gasteiger partial charge is 0.453 e. The minimum absolute atomic E-state index is 0.0893. The van der Waals surface area contributed by atoms with Gasteiger partial charge >= 0.3 is 6.09 Å². The van der Waals surface area contributed by atoms with Crippen LogP contribution in [0.4, 0.5) is 75.6 Å². The number of nitrogens with zero attached hydrogens (tertiary/aromatic N) is 27. The van der Waals surface area contributed by atoms with Gasteiger partial charge in [-0.1, -0.05) is 17.3 Å². The van der Waals surface area contributed by atoms with Crippen LogP contribution in [0.1, 0.15) is 124 Å². The second-order valence-corrected chi connectivity index (χ2v) is 35.7. The number of methoxy groups -OCH3 is 1. The quantitative estimate of drug-likeness (QED) is 0.0510. The third-order valence-corrected chi connectivity index (χ3v) is 24.4. The van der Waals surface area contributed by atoms with Crippen LogP contribution in [-0.2, 0) is 9.47 Å². The number of pyridine rings is 1. The van der Waals surface area contributed by atoms with Crippen molar-refractivity contribution < 1.29 is 40.9 Å². The van der Waals surface area contributed by atoms with Crippen LogP contribution in [0, 0.1) is 6.92 Å². The number of aromatic nitrogens is 27. The topological polar surface area (TPSA) is 713 Å². The molecule has 0 bridgehead atoms. The highest BCUT2D eigenvalue weighted by molar-refractivity contribution is 6.08. The Morgan fingerprint density at radius 3 is 1.31 bits per heavy atom. The summed E-state index contributed by atoms with van der Waals surface area (Å²) in [6, 6.07) is 37.7. The van der Waals surface area contributed by atoms with E-state index < -0.39 is 6.09 Å². The Morgan fingerprint density at radius 1 is 0.384 bits per heavy atom. The highest BCUT2D eigenvalue weighted by Gasteiger charge is 2.29. The lowest BCUT2D eigenvalue weighted by Crippen LogP contribution is -2.19. The van der Waals surface area contributed by atoms with Gasteiger partial charge in [0.15, 0.2) is 56.3 Å². The van der Waals surface area contributed by atoms with Crippen molar-refractivity contribution in [3.8, 4) is 67.3 Å². The monoisotopic (exact) mass is 1970 g/mol. The van der Waals surface area contributed by atoms with Crippen molar-refractivity contribution in [3.05, 3.63) is 165 Å². The van der Waals surface area contributed by atoms with E-state index in [2.05, 4.69) is 148 Å². The van der Waals surface area contributed by atoms with Crippen LogP contribution in [-0.4, -0.2) is 160 Å². The third-order valence-electron chi connectivity index (χ3n) is 24.4. The number of nitrogens with one attached hydrogen (secondary N) is 1. The molecule has 740 valence electrons. The van der Waals surface area contributed by atoms with Gasteiger partial charge in [-0.05, 0) is 203 Å². The van der Waals surface area contributed by atoms with Crippen LogP contribution in [0.3, 0.4) is 0 Å². The summed E-state index contributed by atoms with van der Waals surface area (Å²) in [5, 5.41) is 30.4. The zero-order chi connectivity index (χ0) is 102. The van der Waals surface area contributed by atoms with E-state index in [0.29, 0.717) is 136 Å². The number of carbonyl (C=O) groups is 1. The number of aryl methyl sites for hydroxylation is 1. The fourth-order valence-corrected chi connectivity index (χ4v) is 17.7. The number of oxazole rings is 5. The van der Waals surface area contributed by atoms with Crippen molar-refractivity contribution in [2.24, 2.45) is 0 Å². The molecule has 19 heterocycles. The number of benzene rings is 6. The summed E-state index contributed by atoms with van der Waals surface area (Å²) in [6.07, 6.45) is 13.0. The molecule has 25 rings (SSSR count). The molecule has 1 aliphatic heterocycles. The van der Waals surface area contributed by atoms with E-state index in [1.54, 1.807) is 16.9 Å². The molecule has 0 aliphatic carbocycles. The molecule has 23 N–H and O–H groups in total. The second kappa shape index (κ2) is 38.0. The van der Waals surface area contributed by atoms with Crippen LogP contribution >= 0.6 is 0 Å². The third kappa shape index (κ3) is 17.8. The maximum atomic E-state index is 11.5. The fourth-order valence-electron chi connectivity index (χ4n) is 17.7. The van der Waals surface area contributed by atoms with Crippen molar-refractivity contribution in [3.63, 3.8) is 0 Å². The number of ether oxygens (including phenoxy) is 2. The smallest absolute Gasteiger partial charge is 0.412 e. The van der Waals surface area contributed by atoms with Gasteiger partial charge in [0.25, 0.3) is 30.1 Å².